The first-order valence-electron chi connectivity index (χ1n) is 10.3. The molecule has 0 spiro atoms. The Hall–Kier alpha value is -2.43. The first kappa shape index (κ1) is 32.8. The Balaban J connectivity index is 2.05. The van der Waals surface area contributed by atoms with Gasteiger partial charge in [0.05, 0.1) is 47.4 Å². The summed E-state index contributed by atoms with van der Waals surface area (Å²) in [6, 6.07) is 6.91. The molecule has 18 nitrogen and oxygen atoms in total. The van der Waals surface area contributed by atoms with E-state index in [2.05, 4.69) is 18.1 Å². The summed E-state index contributed by atoms with van der Waals surface area (Å²) in [7, 11) is -11.7. The molecule has 0 aliphatic rings. The van der Waals surface area contributed by atoms with Crippen molar-refractivity contribution in [2.75, 3.05) is 14.2 Å². The summed E-state index contributed by atoms with van der Waals surface area (Å²) in [4.78, 5) is 49.6. The van der Waals surface area contributed by atoms with Crippen molar-refractivity contribution in [3.05, 3.63) is 78.9 Å². The minimum absolute atomic E-state index is 0.0690. The highest BCUT2D eigenvalue weighted by molar-refractivity contribution is 7.47. The van der Waals surface area contributed by atoms with E-state index in [4.69, 9.17) is 9.05 Å². The van der Waals surface area contributed by atoms with Crippen molar-refractivity contribution in [3.63, 3.8) is 0 Å². The summed E-state index contributed by atoms with van der Waals surface area (Å²) >= 11 is 0. The standard InChI is InChI=1S/C18H23N2O16P3/c1-31-37(25,26)35-11-15-5-3-13(7-17(15)19(21)22)9-33-39(29,30)34-10-14-4-6-16(18(8-14)20(23)24)12-36-38(27,28)32-2/h3-8H,9-12H2,1-2H3,(H,25,26)(H,27,28)(H,29,30). The number of phosphoric acid groups is 3. The summed E-state index contributed by atoms with van der Waals surface area (Å²) in [6.07, 6.45) is 0. The van der Waals surface area contributed by atoms with Crippen LogP contribution in [0.4, 0.5) is 11.4 Å². The van der Waals surface area contributed by atoms with Crippen molar-refractivity contribution in [1.29, 1.82) is 0 Å². The monoisotopic (exact) mass is 616 g/mol. The lowest BCUT2D eigenvalue weighted by Gasteiger charge is -2.14. The predicted molar refractivity (Wildman–Crippen MR) is 129 cm³/mol. The van der Waals surface area contributed by atoms with Gasteiger partial charge in [0, 0.05) is 26.4 Å². The zero-order chi connectivity index (χ0) is 29.4. The minimum Gasteiger partial charge on any atom is -0.302 e. The molecule has 2 aromatic rings. The van der Waals surface area contributed by atoms with Gasteiger partial charge in [-0.25, -0.2) is 13.7 Å². The van der Waals surface area contributed by atoms with Gasteiger partial charge < -0.3 is 14.7 Å². The number of rotatable bonds is 16. The number of hydrogen-bond donors (Lipinski definition) is 3. The molecular formula is C18H23N2O16P3. The third-order valence-corrected chi connectivity index (χ3v) is 7.45. The fourth-order valence-corrected chi connectivity index (χ4v) is 4.25. The Labute approximate surface area is 220 Å². The number of nitro benzene ring substituents is 2. The maximum Gasteiger partial charge on any atom is 0.472 e. The lowest BCUT2D eigenvalue weighted by atomic mass is 10.1. The molecule has 2 aromatic carbocycles. The van der Waals surface area contributed by atoms with E-state index in [0.29, 0.717) is 0 Å². The first-order chi connectivity index (χ1) is 18.1. The smallest absolute Gasteiger partial charge is 0.302 e. The van der Waals surface area contributed by atoms with Crippen LogP contribution in [0.2, 0.25) is 0 Å². The van der Waals surface area contributed by atoms with Crippen molar-refractivity contribution >= 4 is 34.8 Å². The number of nitro groups is 2. The molecule has 0 aliphatic carbocycles. The average molecular weight is 616 g/mol. The Kier molecular flexibility index (Phi) is 11.6. The van der Waals surface area contributed by atoms with Crippen LogP contribution in [-0.2, 0) is 67.3 Å². The molecule has 0 radical (unpaired) electrons. The molecular weight excluding hydrogens is 593 g/mol. The van der Waals surface area contributed by atoms with E-state index in [0.717, 1.165) is 26.4 Å². The summed E-state index contributed by atoms with van der Waals surface area (Å²) in [5.41, 5.74) is -1.09. The fraction of sp³-hybridized carbons (Fsp3) is 0.333. The van der Waals surface area contributed by atoms with Crippen LogP contribution in [0.1, 0.15) is 22.3 Å². The highest BCUT2D eigenvalue weighted by Gasteiger charge is 2.26. The Morgan fingerprint density at radius 2 is 0.974 bits per heavy atom. The Morgan fingerprint density at radius 3 is 1.28 bits per heavy atom. The molecule has 21 heteroatoms. The van der Waals surface area contributed by atoms with E-state index < -0.39 is 71.1 Å². The maximum absolute atomic E-state index is 12.3. The Bertz CT molecular complexity index is 1250. The van der Waals surface area contributed by atoms with E-state index in [9.17, 15) is 48.6 Å². The van der Waals surface area contributed by atoms with Gasteiger partial charge in [-0.3, -0.25) is 47.4 Å². The molecule has 3 N–H and O–H groups in total. The molecule has 0 fully saturated rings. The quantitative estimate of drug-likeness (QED) is 0.137. The molecule has 2 atom stereocenters. The second kappa shape index (κ2) is 13.8. The number of benzene rings is 2. The van der Waals surface area contributed by atoms with Crippen molar-refractivity contribution in [1.82, 2.24) is 0 Å². The summed E-state index contributed by atoms with van der Waals surface area (Å²) < 4.78 is 62.5. The van der Waals surface area contributed by atoms with Gasteiger partial charge in [0.1, 0.15) is 0 Å². The molecule has 0 aliphatic heterocycles. The molecule has 2 rings (SSSR count). The van der Waals surface area contributed by atoms with Crippen molar-refractivity contribution in [2.45, 2.75) is 26.4 Å². The number of hydrogen-bond acceptors (Lipinski definition) is 13. The molecule has 2 unspecified atom stereocenters. The van der Waals surface area contributed by atoms with Crippen LogP contribution in [-0.4, -0.2) is 38.7 Å². The summed E-state index contributed by atoms with van der Waals surface area (Å²) in [5, 5.41) is 22.7. The highest BCUT2D eigenvalue weighted by Crippen LogP contribution is 2.46. The van der Waals surface area contributed by atoms with E-state index in [-0.39, 0.29) is 22.3 Å². The summed E-state index contributed by atoms with van der Waals surface area (Å²) in [6.45, 7) is -2.51. The normalized spacial score (nSPS) is 16.1. The van der Waals surface area contributed by atoms with Crippen LogP contribution in [0, 0.1) is 20.2 Å². The van der Waals surface area contributed by atoms with Crippen LogP contribution in [0.15, 0.2) is 36.4 Å². The van der Waals surface area contributed by atoms with Crippen molar-refractivity contribution in [2.24, 2.45) is 0 Å². The third-order valence-electron chi connectivity index (χ3n) is 4.71. The summed E-state index contributed by atoms with van der Waals surface area (Å²) in [5.74, 6) is 0. The fourth-order valence-electron chi connectivity index (χ4n) is 2.74. The molecule has 0 saturated carbocycles. The van der Waals surface area contributed by atoms with Gasteiger partial charge in [0.15, 0.2) is 0 Å². The van der Waals surface area contributed by atoms with Gasteiger partial charge >= 0.3 is 23.5 Å². The molecule has 0 amide bonds. The van der Waals surface area contributed by atoms with Gasteiger partial charge in [-0.05, 0) is 23.3 Å². The zero-order valence-electron chi connectivity index (χ0n) is 20.2. The van der Waals surface area contributed by atoms with Crippen molar-refractivity contribution < 1.29 is 65.4 Å². The Morgan fingerprint density at radius 1 is 0.641 bits per heavy atom. The van der Waals surface area contributed by atoms with Gasteiger partial charge in [0.2, 0.25) is 0 Å². The number of phosphoric ester groups is 3. The molecule has 0 heterocycles. The highest BCUT2D eigenvalue weighted by atomic mass is 31.2. The van der Waals surface area contributed by atoms with Crippen LogP contribution >= 0.6 is 23.5 Å². The largest absolute Gasteiger partial charge is 0.472 e. The van der Waals surface area contributed by atoms with Crippen molar-refractivity contribution in [3.8, 4) is 0 Å². The van der Waals surface area contributed by atoms with Crippen LogP contribution in [0.25, 0.3) is 0 Å². The van der Waals surface area contributed by atoms with Gasteiger partial charge in [0.25, 0.3) is 11.4 Å². The number of nitrogens with zero attached hydrogens (tertiary/aromatic N) is 2. The van der Waals surface area contributed by atoms with E-state index in [1.165, 1.54) is 24.3 Å². The second-order valence-electron chi connectivity index (χ2n) is 7.30. The van der Waals surface area contributed by atoms with Crippen LogP contribution in [0.3, 0.4) is 0 Å². The molecule has 0 saturated heterocycles. The molecule has 0 aromatic heterocycles. The van der Waals surface area contributed by atoms with E-state index in [1.807, 2.05) is 0 Å². The topological polar surface area (TPSA) is 254 Å². The van der Waals surface area contributed by atoms with Crippen LogP contribution in [0.5, 0.6) is 0 Å². The van der Waals surface area contributed by atoms with Crippen LogP contribution < -0.4 is 0 Å². The molecule has 39 heavy (non-hydrogen) atoms. The zero-order valence-corrected chi connectivity index (χ0v) is 22.9. The third kappa shape index (κ3) is 10.6. The molecule has 216 valence electrons. The van der Waals surface area contributed by atoms with Gasteiger partial charge in [-0.15, -0.1) is 0 Å². The second-order valence-corrected chi connectivity index (χ2v) is 11.9. The minimum atomic E-state index is -4.76. The lowest BCUT2D eigenvalue weighted by molar-refractivity contribution is -0.386. The lowest BCUT2D eigenvalue weighted by Crippen LogP contribution is -2.02. The average Bonchev–Trinajstić information content (AvgIpc) is 2.88. The van der Waals surface area contributed by atoms with E-state index >= 15 is 0 Å². The van der Waals surface area contributed by atoms with E-state index in [1.54, 1.807) is 0 Å². The SMILES string of the molecule is COP(=O)(O)OCc1ccc(COP(=O)(O)OCc2ccc(COP(=O)(O)OC)c([N+](=O)[O-])c2)cc1[N+](=O)[O-]. The van der Waals surface area contributed by atoms with Gasteiger partial charge in [-0.2, -0.15) is 0 Å². The first-order valence-corrected chi connectivity index (χ1v) is 14.8. The maximum atomic E-state index is 12.3. The van der Waals surface area contributed by atoms with Gasteiger partial charge in [-0.1, -0.05) is 12.1 Å². The predicted octanol–water partition coefficient (Wildman–Crippen LogP) is 3.86. The molecule has 0 bridgehead atoms.